The summed E-state index contributed by atoms with van der Waals surface area (Å²) in [5.41, 5.74) is 2.94. The summed E-state index contributed by atoms with van der Waals surface area (Å²) in [6.07, 6.45) is 6.20. The molecule has 7 heteroatoms. The van der Waals surface area contributed by atoms with Gasteiger partial charge in [-0.1, -0.05) is 6.07 Å². The van der Waals surface area contributed by atoms with Crippen molar-refractivity contribution in [3.8, 4) is 28.1 Å². The molecule has 2 aliphatic rings. The second-order valence-electron chi connectivity index (χ2n) is 9.87. The lowest BCUT2D eigenvalue weighted by Crippen LogP contribution is -2.58. The van der Waals surface area contributed by atoms with Gasteiger partial charge in [-0.3, -0.25) is 4.79 Å². The first-order chi connectivity index (χ1) is 15.2. The number of piperidine rings is 1. The standard InChI is InChI=1S/C25H29N5O2/c1-24-9-10-25(2,29-24)15-18(14-24)30(3)22-7-6-20(27-28-22)19-5-4-16(12-21(19)31)17-8-11-26-23(32)13-17/h4-8,11-13,18,29,31H,9-10,14-15H2,1-3H3,(H,26,32)/t18-,24+,25-. The van der Waals surface area contributed by atoms with Gasteiger partial charge in [0.25, 0.3) is 0 Å². The van der Waals surface area contributed by atoms with E-state index in [1.807, 2.05) is 24.3 Å². The van der Waals surface area contributed by atoms with E-state index in [1.54, 1.807) is 18.3 Å². The average Bonchev–Trinajstić information content (AvgIpc) is 3.00. The van der Waals surface area contributed by atoms with E-state index in [4.69, 9.17) is 0 Å². The molecule has 4 heterocycles. The molecule has 0 unspecified atom stereocenters. The number of aromatic hydroxyl groups is 1. The molecule has 0 saturated carbocycles. The number of hydrogen-bond acceptors (Lipinski definition) is 6. The van der Waals surface area contributed by atoms with Crippen molar-refractivity contribution in [2.24, 2.45) is 0 Å². The number of H-pyrrole nitrogens is 1. The van der Waals surface area contributed by atoms with Gasteiger partial charge in [-0.2, -0.15) is 0 Å². The minimum absolute atomic E-state index is 0.106. The predicted molar refractivity (Wildman–Crippen MR) is 126 cm³/mol. The third kappa shape index (κ3) is 3.77. The molecule has 2 aliphatic heterocycles. The van der Waals surface area contributed by atoms with Crippen molar-refractivity contribution in [1.82, 2.24) is 20.5 Å². The van der Waals surface area contributed by atoms with Gasteiger partial charge in [-0.15, -0.1) is 10.2 Å². The fourth-order valence-electron chi connectivity index (χ4n) is 5.49. The largest absolute Gasteiger partial charge is 0.507 e. The van der Waals surface area contributed by atoms with Crippen LogP contribution < -0.4 is 15.8 Å². The number of rotatable bonds is 4. The fourth-order valence-corrected chi connectivity index (χ4v) is 5.49. The topological polar surface area (TPSA) is 94.1 Å². The summed E-state index contributed by atoms with van der Waals surface area (Å²) in [4.78, 5) is 16.4. The molecule has 3 aromatic rings. The van der Waals surface area contributed by atoms with Crippen molar-refractivity contribution in [3.63, 3.8) is 0 Å². The third-order valence-corrected chi connectivity index (χ3v) is 7.15. The zero-order valence-corrected chi connectivity index (χ0v) is 18.7. The number of nitrogens with one attached hydrogen (secondary N) is 2. The summed E-state index contributed by atoms with van der Waals surface area (Å²) in [7, 11) is 2.10. The van der Waals surface area contributed by atoms with Crippen LogP contribution in [0.4, 0.5) is 5.82 Å². The van der Waals surface area contributed by atoms with Crippen LogP contribution >= 0.6 is 0 Å². The number of aromatic nitrogens is 3. The monoisotopic (exact) mass is 431 g/mol. The number of aromatic amines is 1. The Morgan fingerprint density at radius 1 is 1.00 bits per heavy atom. The maximum atomic E-state index is 11.6. The van der Waals surface area contributed by atoms with Crippen LogP contribution in [0.25, 0.3) is 22.4 Å². The lowest BCUT2D eigenvalue weighted by atomic mass is 9.84. The Balaban J connectivity index is 1.36. The van der Waals surface area contributed by atoms with Crippen molar-refractivity contribution >= 4 is 5.82 Å². The normalized spacial score (nSPS) is 26.8. The van der Waals surface area contributed by atoms with Crippen LogP contribution in [-0.2, 0) is 0 Å². The summed E-state index contributed by atoms with van der Waals surface area (Å²) >= 11 is 0. The second kappa shape index (κ2) is 7.45. The molecular weight excluding hydrogens is 402 g/mol. The number of anilines is 1. The Labute approximate surface area is 187 Å². The minimum atomic E-state index is -0.179. The highest BCUT2D eigenvalue weighted by atomic mass is 16.3. The summed E-state index contributed by atoms with van der Waals surface area (Å²) in [5.74, 6) is 0.945. The molecule has 2 saturated heterocycles. The van der Waals surface area contributed by atoms with Gasteiger partial charge >= 0.3 is 0 Å². The number of phenols is 1. The van der Waals surface area contributed by atoms with E-state index in [0.717, 1.165) is 29.8 Å². The van der Waals surface area contributed by atoms with Gasteiger partial charge in [0.2, 0.25) is 5.56 Å². The summed E-state index contributed by atoms with van der Waals surface area (Å²) < 4.78 is 0. The zero-order valence-electron chi connectivity index (χ0n) is 18.7. The van der Waals surface area contributed by atoms with Gasteiger partial charge in [0.1, 0.15) is 5.75 Å². The van der Waals surface area contributed by atoms with Gasteiger partial charge in [-0.05, 0) is 81.0 Å². The molecule has 7 nitrogen and oxygen atoms in total. The molecule has 32 heavy (non-hydrogen) atoms. The highest BCUT2D eigenvalue weighted by Crippen LogP contribution is 2.43. The Morgan fingerprint density at radius 2 is 1.72 bits per heavy atom. The number of nitrogens with zero attached hydrogens (tertiary/aromatic N) is 3. The number of phenolic OH excluding ortho intramolecular Hbond substituents is 1. The van der Waals surface area contributed by atoms with E-state index >= 15 is 0 Å². The fraction of sp³-hybridized carbons (Fsp3) is 0.400. The lowest BCUT2D eigenvalue weighted by molar-refractivity contribution is 0.207. The van der Waals surface area contributed by atoms with Gasteiger partial charge in [0.15, 0.2) is 5.82 Å². The molecule has 166 valence electrons. The molecule has 0 radical (unpaired) electrons. The number of pyridine rings is 1. The van der Waals surface area contributed by atoms with E-state index in [2.05, 4.69) is 46.3 Å². The summed E-state index contributed by atoms with van der Waals surface area (Å²) in [5, 5.41) is 23.3. The molecule has 2 aromatic heterocycles. The minimum Gasteiger partial charge on any atom is -0.507 e. The highest BCUT2D eigenvalue weighted by Gasteiger charge is 2.49. The number of fused-ring (bicyclic) bond motifs is 2. The zero-order chi connectivity index (χ0) is 22.5. The maximum absolute atomic E-state index is 11.6. The molecular formula is C25H29N5O2. The quantitative estimate of drug-likeness (QED) is 0.583. The van der Waals surface area contributed by atoms with E-state index in [9.17, 15) is 9.90 Å². The van der Waals surface area contributed by atoms with Crippen molar-refractivity contribution in [3.05, 3.63) is 59.0 Å². The first-order valence-electron chi connectivity index (χ1n) is 11.1. The summed E-state index contributed by atoms with van der Waals surface area (Å²) in [6, 6.07) is 12.9. The van der Waals surface area contributed by atoms with E-state index in [0.29, 0.717) is 17.3 Å². The number of hydrogen-bond donors (Lipinski definition) is 3. The van der Waals surface area contributed by atoms with E-state index in [1.165, 1.54) is 18.9 Å². The molecule has 2 fully saturated rings. The molecule has 3 atom stereocenters. The molecule has 0 spiro atoms. The molecule has 3 N–H and O–H groups in total. The van der Waals surface area contributed by atoms with Gasteiger partial charge in [-0.25, -0.2) is 0 Å². The van der Waals surface area contributed by atoms with Crippen molar-refractivity contribution in [1.29, 1.82) is 0 Å². The van der Waals surface area contributed by atoms with Crippen LogP contribution in [0.3, 0.4) is 0 Å². The summed E-state index contributed by atoms with van der Waals surface area (Å²) in [6.45, 7) is 4.65. The van der Waals surface area contributed by atoms with Gasteiger partial charge in [0, 0.05) is 42.0 Å². The average molecular weight is 432 g/mol. The first-order valence-corrected chi connectivity index (χ1v) is 11.1. The number of benzene rings is 1. The second-order valence-corrected chi connectivity index (χ2v) is 9.87. The SMILES string of the molecule is CN(c1ccc(-c2ccc(-c3cc[nH]c(=O)c3)cc2O)nn1)[C@@H]1C[C@]2(C)CC[C@](C)(C1)N2. The third-order valence-electron chi connectivity index (χ3n) is 7.15. The maximum Gasteiger partial charge on any atom is 0.248 e. The molecule has 5 rings (SSSR count). The van der Waals surface area contributed by atoms with Gasteiger partial charge in [0.05, 0.1) is 5.69 Å². The van der Waals surface area contributed by atoms with Crippen molar-refractivity contribution < 1.29 is 5.11 Å². The lowest BCUT2D eigenvalue weighted by Gasteiger charge is -2.45. The van der Waals surface area contributed by atoms with Crippen LogP contribution in [0, 0.1) is 0 Å². The van der Waals surface area contributed by atoms with Crippen LogP contribution in [-0.4, -0.2) is 44.5 Å². The molecule has 0 aliphatic carbocycles. The molecule has 1 aromatic carbocycles. The Hall–Kier alpha value is -3.19. The molecule has 2 bridgehead atoms. The Kier molecular flexibility index (Phi) is 4.82. The molecule has 0 amide bonds. The first kappa shape index (κ1) is 20.7. The Morgan fingerprint density at radius 3 is 2.34 bits per heavy atom. The Bertz CT molecular complexity index is 1190. The van der Waals surface area contributed by atoms with E-state index < -0.39 is 0 Å². The predicted octanol–water partition coefficient (Wildman–Crippen LogP) is 3.70. The van der Waals surface area contributed by atoms with Crippen LogP contribution in [0.15, 0.2) is 53.5 Å². The van der Waals surface area contributed by atoms with Crippen LogP contribution in [0.1, 0.15) is 39.5 Å². The van der Waals surface area contributed by atoms with Crippen molar-refractivity contribution in [2.45, 2.75) is 56.7 Å². The van der Waals surface area contributed by atoms with E-state index in [-0.39, 0.29) is 22.4 Å². The van der Waals surface area contributed by atoms with Gasteiger partial charge < -0.3 is 20.3 Å². The smallest absolute Gasteiger partial charge is 0.248 e. The van der Waals surface area contributed by atoms with Crippen LogP contribution in [0.2, 0.25) is 0 Å². The van der Waals surface area contributed by atoms with Crippen molar-refractivity contribution in [2.75, 3.05) is 11.9 Å². The highest BCUT2D eigenvalue weighted by molar-refractivity contribution is 5.74. The van der Waals surface area contributed by atoms with Crippen LogP contribution in [0.5, 0.6) is 5.75 Å².